The monoisotopic (exact) mass is 446 g/mol. The van der Waals surface area contributed by atoms with Gasteiger partial charge in [-0.1, -0.05) is 6.04 Å². The van der Waals surface area contributed by atoms with Crippen molar-refractivity contribution in [2.75, 3.05) is 17.3 Å². The summed E-state index contributed by atoms with van der Waals surface area (Å²) < 4.78 is 99.2. The Hall–Kier alpha value is -3.50. The second-order valence-corrected chi connectivity index (χ2v) is 8.08. The van der Waals surface area contributed by atoms with Gasteiger partial charge in [0, 0.05) is 46.9 Å². The van der Waals surface area contributed by atoms with E-state index in [-0.39, 0.29) is 41.1 Å². The van der Waals surface area contributed by atoms with Crippen molar-refractivity contribution in [3.8, 4) is 0 Å². The zero-order valence-corrected chi connectivity index (χ0v) is 17.5. The van der Waals surface area contributed by atoms with E-state index >= 15 is 0 Å². The van der Waals surface area contributed by atoms with E-state index in [0.717, 1.165) is 0 Å². The van der Waals surface area contributed by atoms with E-state index in [1.807, 2.05) is 0 Å². The van der Waals surface area contributed by atoms with Crippen molar-refractivity contribution in [1.82, 2.24) is 19.7 Å². The van der Waals surface area contributed by atoms with Gasteiger partial charge >= 0.3 is 0 Å². The quantitative estimate of drug-likeness (QED) is 0.483. The fraction of sp³-hybridized carbons (Fsp3) is 0.190. The largest absolute Gasteiger partial charge is 0.329 e. The van der Waals surface area contributed by atoms with E-state index in [9.17, 15) is 8.42 Å². The van der Waals surface area contributed by atoms with Gasteiger partial charge in [-0.05, 0) is 55.6 Å². The summed E-state index contributed by atoms with van der Waals surface area (Å²) in [4.78, 5) is 8.49. The number of nitrogens with two attached hydrogens (primary N) is 1. The summed E-state index contributed by atoms with van der Waals surface area (Å²) in [5.41, 5.74) is -0.736. The maximum absolute atomic E-state index is 12.2. The summed E-state index contributed by atoms with van der Waals surface area (Å²) in [6.07, 6.45) is 1.27. The van der Waals surface area contributed by atoms with Crippen LogP contribution in [0.15, 0.2) is 53.4 Å². The summed E-state index contributed by atoms with van der Waals surface area (Å²) in [7, 11) is -1.64. The van der Waals surface area contributed by atoms with Gasteiger partial charge in [0.1, 0.15) is 5.82 Å². The molecule has 0 radical (unpaired) electrons. The number of primary sulfonamides is 1. The number of fused-ring (bicyclic) bond motifs is 1. The average molecular weight is 447 g/mol. The highest BCUT2D eigenvalue weighted by Crippen LogP contribution is 2.28. The molecule has 0 fully saturated rings. The molecule has 0 aliphatic heterocycles. The van der Waals surface area contributed by atoms with E-state index in [2.05, 4.69) is 20.4 Å². The smallest absolute Gasteiger partial charge is 0.238 e. The molecule has 2 aromatic carbocycles. The molecule has 0 unspecified atom stereocenters. The van der Waals surface area contributed by atoms with Crippen LogP contribution in [-0.4, -0.2) is 35.2 Å². The molecule has 4 rings (SSSR count). The molecule has 4 aromatic rings. The Labute approximate surface area is 193 Å². The summed E-state index contributed by atoms with van der Waals surface area (Å²) in [6.45, 7) is -1.42. The molecule has 0 aliphatic rings. The molecule has 2 aromatic heterocycles. The zero-order chi connectivity index (χ0) is 30.1. The number of aromatic nitrogens is 4. The molecule has 0 spiro atoms. The van der Waals surface area contributed by atoms with Crippen LogP contribution in [0.25, 0.3) is 10.9 Å². The first-order chi connectivity index (χ1) is 18.4. The number of nitrogens with one attached hydrogen (secondary N) is 1. The van der Waals surface area contributed by atoms with Gasteiger partial charge in [0.15, 0.2) is 0 Å². The number of hydrogen-bond donors (Lipinski definition) is 2. The van der Waals surface area contributed by atoms with E-state index < -0.39 is 51.1 Å². The Balaban J connectivity index is 1.84. The molecule has 2 heterocycles. The van der Waals surface area contributed by atoms with Crippen LogP contribution in [0, 0.1) is 13.8 Å². The molecule has 0 atom stereocenters. The van der Waals surface area contributed by atoms with Crippen molar-refractivity contribution in [1.29, 1.82) is 0 Å². The Morgan fingerprint density at radius 2 is 2.06 bits per heavy atom. The number of benzene rings is 2. The molecule has 31 heavy (non-hydrogen) atoms. The Morgan fingerprint density at radius 3 is 2.81 bits per heavy atom. The summed E-state index contributed by atoms with van der Waals surface area (Å²) in [5, 5.41) is 12.4. The van der Waals surface area contributed by atoms with Gasteiger partial charge in [-0.2, -0.15) is 10.1 Å². The van der Waals surface area contributed by atoms with Crippen molar-refractivity contribution in [2.45, 2.75) is 18.7 Å². The molecule has 10 heteroatoms. The Morgan fingerprint density at radius 1 is 1.26 bits per heavy atom. The number of rotatable bonds is 5. The molecule has 0 aliphatic carbocycles. The van der Waals surface area contributed by atoms with Gasteiger partial charge in [-0.25, -0.2) is 18.5 Å². The lowest BCUT2D eigenvalue weighted by atomic mass is 10.2. The minimum atomic E-state index is -4.80. The highest BCUT2D eigenvalue weighted by atomic mass is 32.2. The molecule has 3 N–H and O–H groups in total. The lowest BCUT2D eigenvalue weighted by Crippen LogP contribution is -2.14. The minimum Gasteiger partial charge on any atom is -0.329 e. The van der Waals surface area contributed by atoms with E-state index in [4.69, 9.17) is 17.5 Å². The summed E-state index contributed by atoms with van der Waals surface area (Å²) in [6, 6.07) is -1.77. The lowest BCUT2D eigenvalue weighted by Gasteiger charge is -2.19. The van der Waals surface area contributed by atoms with Crippen molar-refractivity contribution < 1.29 is 20.8 Å². The first-order valence-electron chi connectivity index (χ1n) is 13.3. The highest BCUT2D eigenvalue weighted by molar-refractivity contribution is 7.89. The maximum atomic E-state index is 12.2. The second kappa shape index (κ2) is 7.64. The van der Waals surface area contributed by atoms with Crippen LogP contribution in [-0.2, 0) is 17.1 Å². The highest BCUT2D eigenvalue weighted by Gasteiger charge is 2.14. The number of aryl methyl sites for hydroxylation is 2. The van der Waals surface area contributed by atoms with Crippen molar-refractivity contribution in [3.05, 3.63) is 59.8 Å². The second-order valence-electron chi connectivity index (χ2n) is 6.58. The maximum Gasteiger partial charge on any atom is 0.238 e. The van der Waals surface area contributed by atoms with Crippen LogP contribution in [0.5, 0.6) is 0 Å². The first kappa shape index (κ1) is 12.4. The molecule has 0 amide bonds. The SMILES string of the molecule is [2H]c1c([2H])c(C([2H])([2H])[2H])c(S(N)(=O)=O)c([2H])c1Nc1nccc(N(C)c2c([2H])c([2H])c3c(C)n(C)nc3c2[2H])n1. The predicted molar refractivity (Wildman–Crippen MR) is 121 cm³/mol. The van der Waals surface area contributed by atoms with Gasteiger partial charge in [0.05, 0.1) is 18.6 Å². The van der Waals surface area contributed by atoms with Gasteiger partial charge < -0.3 is 10.2 Å². The number of hydrogen-bond acceptors (Lipinski definition) is 7. The van der Waals surface area contributed by atoms with Crippen LogP contribution >= 0.6 is 0 Å². The minimum absolute atomic E-state index is 0.0228. The van der Waals surface area contributed by atoms with E-state index in [0.29, 0.717) is 11.1 Å². The van der Waals surface area contributed by atoms with Crippen molar-refractivity contribution in [2.24, 2.45) is 12.2 Å². The van der Waals surface area contributed by atoms with Gasteiger partial charge in [0.25, 0.3) is 0 Å². The van der Waals surface area contributed by atoms with Gasteiger partial charge in [-0.3, -0.25) is 4.68 Å². The zero-order valence-electron chi connectivity index (χ0n) is 25.7. The number of sulfonamides is 1. The van der Waals surface area contributed by atoms with Crippen LogP contribution in [0.1, 0.15) is 23.6 Å². The van der Waals surface area contributed by atoms with Crippen LogP contribution in [0.2, 0.25) is 0 Å². The predicted octanol–water partition coefficient (Wildman–Crippen LogP) is 3.14. The van der Waals surface area contributed by atoms with Crippen molar-refractivity contribution >= 4 is 44.1 Å². The molecular formula is C21H23N7O2S. The topological polar surface area (TPSA) is 119 Å². The number of nitrogens with zero attached hydrogens (tertiary/aromatic N) is 5. The third-order valence-electron chi connectivity index (χ3n) is 4.50. The van der Waals surface area contributed by atoms with Gasteiger partial charge in [0.2, 0.25) is 16.0 Å². The standard InChI is InChI=1S/C21H23N7O2S/c1-13-5-6-15(11-19(13)31(22,29)30)24-21-23-10-9-20(25-21)27(3)16-7-8-17-14(2)28(4)26-18(17)12-16/h5-12H,1-4H3,(H2,22,29,30)(H,23,24,25)/i1D3,5D,6D,7D,8D,11D,12D. The Bertz CT molecular complexity index is 1810. The number of anilines is 4. The summed E-state index contributed by atoms with van der Waals surface area (Å²) in [5.74, 6) is -0.160. The van der Waals surface area contributed by atoms with Gasteiger partial charge in [-0.15, -0.1) is 0 Å². The normalized spacial score (nSPS) is 16.2. The van der Waals surface area contributed by atoms with Crippen LogP contribution in [0.4, 0.5) is 23.1 Å². The third-order valence-corrected chi connectivity index (χ3v) is 5.37. The average Bonchev–Trinajstić information content (AvgIpc) is 3.15. The van der Waals surface area contributed by atoms with Crippen molar-refractivity contribution in [3.63, 3.8) is 0 Å². The molecule has 9 nitrogen and oxygen atoms in total. The molecule has 0 saturated heterocycles. The van der Waals surface area contributed by atoms with E-state index in [1.54, 1.807) is 14.0 Å². The fourth-order valence-electron chi connectivity index (χ4n) is 2.77. The molecule has 0 saturated carbocycles. The molecule has 0 bridgehead atoms. The Kier molecular flexibility index (Phi) is 3.05. The van der Waals surface area contributed by atoms with Crippen LogP contribution in [0.3, 0.4) is 0 Å². The van der Waals surface area contributed by atoms with E-state index in [1.165, 1.54) is 28.9 Å². The fourth-order valence-corrected chi connectivity index (χ4v) is 3.35. The summed E-state index contributed by atoms with van der Waals surface area (Å²) >= 11 is 0. The molecule has 160 valence electrons. The third kappa shape index (κ3) is 4.07. The lowest BCUT2D eigenvalue weighted by molar-refractivity contribution is 0.597. The molecular weight excluding hydrogens is 414 g/mol. The van der Waals surface area contributed by atoms with Crippen LogP contribution < -0.4 is 15.4 Å². The first-order valence-corrected chi connectivity index (χ1v) is 10.4.